The predicted molar refractivity (Wildman–Crippen MR) is 88.5 cm³/mol. The number of pyridine rings is 1. The molecule has 0 spiro atoms. The Kier molecular flexibility index (Phi) is 5.31. The molecule has 114 valence electrons. The fourth-order valence-corrected chi connectivity index (χ4v) is 3.18. The highest BCUT2D eigenvalue weighted by Crippen LogP contribution is 2.23. The number of hydrogen-bond donors (Lipinski definition) is 2. The Morgan fingerprint density at radius 3 is 2.81 bits per heavy atom. The lowest BCUT2D eigenvalue weighted by Crippen LogP contribution is -2.44. The summed E-state index contributed by atoms with van der Waals surface area (Å²) in [6, 6.07) is 4.09. The Hall–Kier alpha value is -1.46. The molecule has 0 fully saturated rings. The van der Waals surface area contributed by atoms with Gasteiger partial charge in [0.15, 0.2) is 0 Å². The molecule has 2 atom stereocenters. The number of carbonyl (C=O) groups excluding carboxylic acids is 1. The van der Waals surface area contributed by atoms with E-state index in [4.69, 9.17) is 0 Å². The van der Waals surface area contributed by atoms with Gasteiger partial charge in [0.05, 0.1) is 16.3 Å². The van der Waals surface area contributed by atoms with Crippen LogP contribution in [-0.4, -0.2) is 24.0 Å². The molecule has 0 saturated carbocycles. The minimum absolute atomic E-state index is 0.0423. The van der Waals surface area contributed by atoms with Gasteiger partial charge in [-0.05, 0) is 42.3 Å². The largest absolute Gasteiger partial charge is 0.358 e. The molecule has 0 aliphatic carbocycles. The second kappa shape index (κ2) is 7.00. The molecule has 2 rings (SSSR count). The Morgan fingerprint density at radius 2 is 2.14 bits per heavy atom. The smallest absolute Gasteiger partial charge is 0.236 e. The molecule has 1 amide bonds. The molecule has 0 saturated heterocycles. The van der Waals surface area contributed by atoms with Crippen molar-refractivity contribution >= 4 is 27.5 Å². The highest BCUT2D eigenvalue weighted by molar-refractivity contribution is 7.17. The van der Waals surface area contributed by atoms with E-state index in [0.717, 1.165) is 17.5 Å². The zero-order valence-corrected chi connectivity index (χ0v) is 13.8. The van der Waals surface area contributed by atoms with Gasteiger partial charge in [-0.2, -0.15) is 0 Å². The van der Waals surface area contributed by atoms with Crippen LogP contribution >= 0.6 is 11.3 Å². The minimum atomic E-state index is -0.177. The van der Waals surface area contributed by atoms with Crippen LogP contribution in [0.1, 0.15) is 38.8 Å². The summed E-state index contributed by atoms with van der Waals surface area (Å²) in [7, 11) is 1.68. The molecule has 2 unspecified atom stereocenters. The maximum Gasteiger partial charge on any atom is 0.236 e. The van der Waals surface area contributed by atoms with E-state index in [-0.39, 0.29) is 18.0 Å². The number of carbonyl (C=O) groups is 1. The van der Waals surface area contributed by atoms with Crippen LogP contribution in [0.3, 0.4) is 0 Å². The number of thiophene rings is 1. The average molecular weight is 305 g/mol. The monoisotopic (exact) mass is 305 g/mol. The van der Waals surface area contributed by atoms with Gasteiger partial charge in [0.25, 0.3) is 0 Å². The van der Waals surface area contributed by atoms with Crippen molar-refractivity contribution in [2.75, 3.05) is 7.05 Å². The standard InChI is InChI=1S/C16H23N3OS/c1-10(2)7-14(16(20)17-4)19-11(3)12-8-15-13(18-9-12)5-6-21-15/h5-6,8-11,14,19H,7H2,1-4H3,(H,17,20). The van der Waals surface area contributed by atoms with Crippen LogP contribution in [-0.2, 0) is 4.79 Å². The summed E-state index contributed by atoms with van der Waals surface area (Å²) in [6.45, 7) is 6.33. The van der Waals surface area contributed by atoms with Gasteiger partial charge in [-0.1, -0.05) is 13.8 Å². The van der Waals surface area contributed by atoms with E-state index in [9.17, 15) is 4.79 Å². The van der Waals surface area contributed by atoms with Crippen molar-refractivity contribution in [1.82, 2.24) is 15.6 Å². The van der Waals surface area contributed by atoms with Crippen LogP contribution in [0.15, 0.2) is 23.7 Å². The summed E-state index contributed by atoms with van der Waals surface area (Å²) in [6.07, 6.45) is 2.71. The average Bonchev–Trinajstić information content (AvgIpc) is 2.92. The topological polar surface area (TPSA) is 54.0 Å². The van der Waals surface area contributed by atoms with E-state index in [1.807, 2.05) is 17.6 Å². The van der Waals surface area contributed by atoms with Crippen LogP contribution in [0.5, 0.6) is 0 Å². The van der Waals surface area contributed by atoms with Gasteiger partial charge in [0.1, 0.15) is 0 Å². The van der Waals surface area contributed by atoms with E-state index < -0.39 is 0 Å². The SMILES string of the molecule is CNC(=O)C(CC(C)C)NC(C)c1cnc2ccsc2c1. The van der Waals surface area contributed by atoms with Gasteiger partial charge in [-0.3, -0.25) is 15.1 Å². The van der Waals surface area contributed by atoms with Gasteiger partial charge >= 0.3 is 0 Å². The van der Waals surface area contributed by atoms with Crippen LogP contribution in [0, 0.1) is 5.92 Å². The second-order valence-electron chi connectivity index (χ2n) is 5.76. The number of hydrogen-bond acceptors (Lipinski definition) is 4. The van der Waals surface area contributed by atoms with Crippen LogP contribution in [0.2, 0.25) is 0 Å². The van der Waals surface area contributed by atoms with E-state index in [1.165, 1.54) is 4.70 Å². The van der Waals surface area contributed by atoms with Crippen molar-refractivity contribution in [3.63, 3.8) is 0 Å². The van der Waals surface area contributed by atoms with E-state index in [1.54, 1.807) is 18.4 Å². The van der Waals surface area contributed by atoms with Crippen molar-refractivity contribution in [3.8, 4) is 0 Å². The Bertz CT molecular complexity index is 608. The molecule has 2 aromatic heterocycles. The molecule has 0 aliphatic heterocycles. The van der Waals surface area contributed by atoms with Crippen molar-refractivity contribution in [1.29, 1.82) is 0 Å². The lowest BCUT2D eigenvalue weighted by atomic mass is 10.0. The maximum atomic E-state index is 12.0. The quantitative estimate of drug-likeness (QED) is 0.862. The summed E-state index contributed by atoms with van der Waals surface area (Å²) in [5.41, 5.74) is 2.14. The third kappa shape index (κ3) is 4.02. The molecule has 2 heterocycles. The lowest BCUT2D eigenvalue weighted by molar-refractivity contribution is -0.123. The molecule has 5 heteroatoms. The second-order valence-corrected chi connectivity index (χ2v) is 6.71. The highest BCUT2D eigenvalue weighted by Gasteiger charge is 2.21. The first kappa shape index (κ1) is 15.9. The fraction of sp³-hybridized carbons (Fsp3) is 0.500. The summed E-state index contributed by atoms with van der Waals surface area (Å²) in [4.78, 5) is 16.5. The number of rotatable bonds is 6. The maximum absolute atomic E-state index is 12.0. The van der Waals surface area contributed by atoms with Gasteiger partial charge in [-0.25, -0.2) is 0 Å². The summed E-state index contributed by atoms with van der Waals surface area (Å²) >= 11 is 1.69. The Labute approximate surface area is 130 Å². The number of nitrogens with zero attached hydrogens (tertiary/aromatic N) is 1. The zero-order valence-electron chi connectivity index (χ0n) is 13.0. The highest BCUT2D eigenvalue weighted by atomic mass is 32.1. The van der Waals surface area contributed by atoms with Crippen molar-refractivity contribution < 1.29 is 4.79 Å². The molecule has 2 aromatic rings. The predicted octanol–water partition coefficient (Wildman–Crippen LogP) is 3.11. The van der Waals surface area contributed by atoms with Crippen molar-refractivity contribution in [2.24, 2.45) is 5.92 Å². The van der Waals surface area contributed by atoms with Gasteiger partial charge in [0, 0.05) is 19.3 Å². The first-order valence-corrected chi connectivity index (χ1v) is 8.20. The molecule has 2 N–H and O–H groups in total. The van der Waals surface area contributed by atoms with E-state index in [2.05, 4.69) is 42.5 Å². The first-order valence-electron chi connectivity index (χ1n) is 7.32. The minimum Gasteiger partial charge on any atom is -0.358 e. The molecule has 0 bridgehead atoms. The summed E-state index contributed by atoms with van der Waals surface area (Å²) < 4.78 is 1.18. The molecule has 0 aromatic carbocycles. The normalized spacial score (nSPS) is 14.3. The van der Waals surface area contributed by atoms with Gasteiger partial charge in [0.2, 0.25) is 5.91 Å². The van der Waals surface area contributed by atoms with Crippen LogP contribution in [0.25, 0.3) is 10.2 Å². The van der Waals surface area contributed by atoms with E-state index >= 15 is 0 Å². The molecule has 0 radical (unpaired) electrons. The van der Waals surface area contributed by atoms with Crippen LogP contribution in [0.4, 0.5) is 0 Å². The summed E-state index contributed by atoms with van der Waals surface area (Å²) in [5.74, 6) is 0.505. The van der Waals surface area contributed by atoms with Crippen molar-refractivity contribution in [3.05, 3.63) is 29.3 Å². The fourth-order valence-electron chi connectivity index (χ4n) is 2.39. The molecule has 21 heavy (non-hydrogen) atoms. The van der Waals surface area contributed by atoms with Crippen LogP contribution < -0.4 is 10.6 Å². The molecule has 4 nitrogen and oxygen atoms in total. The number of likely N-dealkylation sites (N-methyl/N-ethyl adjacent to an activating group) is 1. The molecular formula is C16H23N3OS. The van der Waals surface area contributed by atoms with Gasteiger partial charge < -0.3 is 5.32 Å². The number of amides is 1. The number of aromatic nitrogens is 1. The summed E-state index contributed by atoms with van der Waals surface area (Å²) in [5, 5.41) is 8.21. The third-order valence-corrected chi connectivity index (χ3v) is 4.40. The zero-order chi connectivity index (χ0) is 15.4. The first-order chi connectivity index (χ1) is 10.0. The molecular weight excluding hydrogens is 282 g/mol. The number of fused-ring (bicyclic) bond motifs is 1. The Morgan fingerprint density at radius 1 is 1.38 bits per heavy atom. The Balaban J connectivity index is 2.13. The van der Waals surface area contributed by atoms with Crippen molar-refractivity contribution in [2.45, 2.75) is 39.3 Å². The number of nitrogens with one attached hydrogen (secondary N) is 2. The van der Waals surface area contributed by atoms with Gasteiger partial charge in [-0.15, -0.1) is 11.3 Å². The lowest BCUT2D eigenvalue weighted by Gasteiger charge is -2.23. The van der Waals surface area contributed by atoms with E-state index in [0.29, 0.717) is 5.92 Å². The third-order valence-electron chi connectivity index (χ3n) is 3.55. The molecule has 0 aliphatic rings.